The van der Waals surface area contributed by atoms with Crippen molar-refractivity contribution < 1.29 is 17.9 Å². The standard InChI is InChI=1S/C18H18N4O5S/c1-12-4-7-14(8-5-12)18-19-17(27-20-18)11-21(3)28(25,26)15-9-6-13(2)16(10-15)22(23)24/h4-10H,11H2,1-3H3. The van der Waals surface area contributed by atoms with E-state index >= 15 is 0 Å². The molecule has 0 saturated carbocycles. The highest BCUT2D eigenvalue weighted by atomic mass is 32.2. The average Bonchev–Trinajstić information content (AvgIpc) is 3.10. The highest BCUT2D eigenvalue weighted by Gasteiger charge is 2.26. The summed E-state index contributed by atoms with van der Waals surface area (Å²) in [5, 5.41) is 15.0. The molecular weight excluding hydrogens is 384 g/mol. The lowest BCUT2D eigenvalue weighted by Gasteiger charge is -2.15. The van der Waals surface area contributed by atoms with Gasteiger partial charge in [0.1, 0.15) is 0 Å². The summed E-state index contributed by atoms with van der Waals surface area (Å²) in [6.45, 7) is 3.34. The van der Waals surface area contributed by atoms with Gasteiger partial charge in [-0.25, -0.2) is 8.42 Å². The van der Waals surface area contributed by atoms with Crippen LogP contribution in [0, 0.1) is 24.0 Å². The molecule has 0 aliphatic heterocycles. The van der Waals surface area contributed by atoms with Crippen LogP contribution in [0.5, 0.6) is 0 Å². The number of nitrogens with zero attached hydrogens (tertiary/aromatic N) is 4. The predicted molar refractivity (Wildman–Crippen MR) is 101 cm³/mol. The molecule has 0 amide bonds. The molecule has 0 radical (unpaired) electrons. The molecule has 0 fully saturated rings. The molecule has 0 unspecified atom stereocenters. The van der Waals surface area contributed by atoms with Gasteiger partial charge in [0.05, 0.1) is 16.4 Å². The van der Waals surface area contributed by atoms with Crippen molar-refractivity contribution in [1.29, 1.82) is 0 Å². The zero-order valence-electron chi connectivity index (χ0n) is 15.5. The van der Waals surface area contributed by atoms with Gasteiger partial charge in [-0.15, -0.1) is 0 Å². The molecule has 1 aromatic heterocycles. The Hall–Kier alpha value is -3.11. The predicted octanol–water partition coefficient (Wildman–Crippen LogP) is 3.08. The van der Waals surface area contributed by atoms with Crippen LogP contribution in [0.2, 0.25) is 0 Å². The van der Waals surface area contributed by atoms with Crippen molar-refractivity contribution in [1.82, 2.24) is 14.4 Å². The number of sulfonamides is 1. The van der Waals surface area contributed by atoms with Crippen molar-refractivity contribution in [3.63, 3.8) is 0 Å². The number of hydrogen-bond donors (Lipinski definition) is 0. The first-order valence-corrected chi connectivity index (χ1v) is 9.73. The maximum absolute atomic E-state index is 12.8. The molecular formula is C18H18N4O5S. The third kappa shape index (κ3) is 3.92. The number of aromatic nitrogens is 2. The van der Waals surface area contributed by atoms with Crippen molar-refractivity contribution >= 4 is 15.7 Å². The van der Waals surface area contributed by atoms with E-state index in [9.17, 15) is 18.5 Å². The summed E-state index contributed by atoms with van der Waals surface area (Å²) in [6, 6.07) is 11.3. The smallest absolute Gasteiger partial charge is 0.273 e. The van der Waals surface area contributed by atoms with Gasteiger partial charge in [-0.05, 0) is 19.9 Å². The first kappa shape index (κ1) is 19.6. The SMILES string of the molecule is Cc1ccc(-c2noc(CN(C)S(=O)(=O)c3ccc(C)c([N+](=O)[O-])c3)n2)cc1. The number of nitro benzene ring substituents is 1. The van der Waals surface area contributed by atoms with Gasteiger partial charge in [-0.1, -0.05) is 41.1 Å². The summed E-state index contributed by atoms with van der Waals surface area (Å²) >= 11 is 0. The topological polar surface area (TPSA) is 119 Å². The van der Waals surface area contributed by atoms with Gasteiger partial charge in [0.25, 0.3) is 5.69 Å². The summed E-state index contributed by atoms with van der Waals surface area (Å²) in [6.07, 6.45) is 0. The van der Waals surface area contributed by atoms with Crippen molar-refractivity contribution in [2.24, 2.45) is 0 Å². The van der Waals surface area contributed by atoms with E-state index in [2.05, 4.69) is 10.1 Å². The number of hydrogen-bond acceptors (Lipinski definition) is 7. The Labute approximate surface area is 161 Å². The Morgan fingerprint density at radius 3 is 2.46 bits per heavy atom. The monoisotopic (exact) mass is 402 g/mol. The lowest BCUT2D eigenvalue weighted by molar-refractivity contribution is -0.385. The van der Waals surface area contributed by atoms with Crippen molar-refractivity contribution in [3.8, 4) is 11.4 Å². The minimum atomic E-state index is -3.97. The number of nitro groups is 1. The fourth-order valence-electron chi connectivity index (χ4n) is 2.54. The maximum Gasteiger partial charge on any atom is 0.273 e. The molecule has 0 spiro atoms. The van der Waals surface area contributed by atoms with Crippen LogP contribution in [-0.2, 0) is 16.6 Å². The van der Waals surface area contributed by atoms with Crippen LogP contribution in [0.4, 0.5) is 5.69 Å². The van der Waals surface area contributed by atoms with E-state index in [0.29, 0.717) is 11.4 Å². The van der Waals surface area contributed by atoms with Crippen LogP contribution in [0.3, 0.4) is 0 Å². The van der Waals surface area contributed by atoms with E-state index in [1.807, 2.05) is 31.2 Å². The van der Waals surface area contributed by atoms with Crippen LogP contribution in [0.1, 0.15) is 17.0 Å². The van der Waals surface area contributed by atoms with Crippen LogP contribution in [-0.4, -0.2) is 34.8 Å². The summed E-state index contributed by atoms with van der Waals surface area (Å²) in [4.78, 5) is 14.5. The third-order valence-electron chi connectivity index (χ3n) is 4.22. The van der Waals surface area contributed by atoms with Gasteiger partial charge in [-0.3, -0.25) is 10.1 Å². The van der Waals surface area contributed by atoms with E-state index in [-0.39, 0.29) is 23.0 Å². The number of aryl methyl sites for hydroxylation is 2. The molecule has 0 bridgehead atoms. The first-order chi connectivity index (χ1) is 13.2. The molecule has 1 heterocycles. The fraction of sp³-hybridized carbons (Fsp3) is 0.222. The molecule has 2 aromatic carbocycles. The second-order valence-electron chi connectivity index (χ2n) is 6.34. The molecule has 0 N–H and O–H groups in total. The van der Waals surface area contributed by atoms with E-state index in [0.717, 1.165) is 21.5 Å². The number of benzene rings is 2. The molecule has 0 saturated heterocycles. The summed E-state index contributed by atoms with van der Waals surface area (Å²) in [5.41, 5.74) is 1.96. The lowest BCUT2D eigenvalue weighted by Crippen LogP contribution is -2.26. The Bertz CT molecular complexity index is 1120. The Morgan fingerprint density at radius 1 is 1.14 bits per heavy atom. The second kappa shape index (κ2) is 7.49. The Balaban J connectivity index is 1.82. The zero-order valence-corrected chi connectivity index (χ0v) is 16.3. The van der Waals surface area contributed by atoms with Crippen LogP contribution in [0.25, 0.3) is 11.4 Å². The Morgan fingerprint density at radius 2 is 1.82 bits per heavy atom. The van der Waals surface area contributed by atoms with Crippen LogP contribution in [0.15, 0.2) is 51.9 Å². The molecule has 10 heteroatoms. The second-order valence-corrected chi connectivity index (χ2v) is 8.39. The zero-order chi connectivity index (χ0) is 20.5. The first-order valence-electron chi connectivity index (χ1n) is 8.29. The fourth-order valence-corrected chi connectivity index (χ4v) is 3.68. The molecule has 146 valence electrons. The van der Waals surface area contributed by atoms with E-state index in [1.54, 1.807) is 6.92 Å². The number of rotatable bonds is 6. The molecule has 0 aliphatic rings. The summed E-state index contributed by atoms with van der Waals surface area (Å²) < 4.78 is 31.7. The normalized spacial score (nSPS) is 11.7. The molecule has 9 nitrogen and oxygen atoms in total. The third-order valence-corrected chi connectivity index (χ3v) is 6.02. The van der Waals surface area contributed by atoms with Crippen molar-refractivity contribution in [2.45, 2.75) is 25.3 Å². The minimum absolute atomic E-state index is 0.114. The summed E-state index contributed by atoms with van der Waals surface area (Å²) in [7, 11) is -2.63. The highest BCUT2D eigenvalue weighted by molar-refractivity contribution is 7.89. The van der Waals surface area contributed by atoms with Gasteiger partial charge < -0.3 is 4.52 Å². The van der Waals surface area contributed by atoms with E-state index < -0.39 is 14.9 Å². The van der Waals surface area contributed by atoms with Crippen LogP contribution >= 0.6 is 0 Å². The molecule has 0 aliphatic carbocycles. The highest BCUT2D eigenvalue weighted by Crippen LogP contribution is 2.25. The Kier molecular flexibility index (Phi) is 5.25. The van der Waals surface area contributed by atoms with E-state index in [4.69, 9.17) is 4.52 Å². The molecule has 28 heavy (non-hydrogen) atoms. The summed E-state index contributed by atoms with van der Waals surface area (Å²) in [5.74, 6) is 0.468. The van der Waals surface area contributed by atoms with Gasteiger partial charge in [0.15, 0.2) is 0 Å². The van der Waals surface area contributed by atoms with E-state index in [1.165, 1.54) is 19.2 Å². The molecule has 3 aromatic rings. The van der Waals surface area contributed by atoms with Crippen LogP contribution < -0.4 is 0 Å². The quantitative estimate of drug-likeness (QED) is 0.459. The van der Waals surface area contributed by atoms with Crippen molar-refractivity contribution in [3.05, 3.63) is 69.6 Å². The largest absolute Gasteiger partial charge is 0.338 e. The lowest BCUT2D eigenvalue weighted by atomic mass is 10.1. The molecule has 3 rings (SSSR count). The minimum Gasteiger partial charge on any atom is -0.338 e. The maximum atomic E-state index is 12.8. The van der Waals surface area contributed by atoms with Gasteiger partial charge in [-0.2, -0.15) is 9.29 Å². The average molecular weight is 402 g/mol. The van der Waals surface area contributed by atoms with Gasteiger partial charge in [0, 0.05) is 24.2 Å². The molecule has 0 atom stereocenters. The van der Waals surface area contributed by atoms with Gasteiger partial charge in [0.2, 0.25) is 21.7 Å². The van der Waals surface area contributed by atoms with Crippen molar-refractivity contribution in [2.75, 3.05) is 7.05 Å². The van der Waals surface area contributed by atoms with Gasteiger partial charge >= 0.3 is 0 Å².